The van der Waals surface area contributed by atoms with Gasteiger partial charge in [-0.2, -0.15) is 17.5 Å². The molecule has 4 aromatic carbocycles. The van der Waals surface area contributed by atoms with E-state index in [-0.39, 0.29) is 11.0 Å². The van der Waals surface area contributed by atoms with Crippen LogP contribution in [0, 0.1) is 5.41 Å². The number of sulfonamides is 2. The number of hydrogen-bond donors (Lipinski definition) is 3. The summed E-state index contributed by atoms with van der Waals surface area (Å²) in [5, 5.41) is 12.7. The third kappa shape index (κ3) is 16.3. The van der Waals surface area contributed by atoms with Crippen molar-refractivity contribution in [3.05, 3.63) is 119 Å². The smallest absolute Gasteiger partial charge is 0.481 e. The Kier molecular flexibility index (Phi) is 20.4. The molecule has 3 saturated heterocycles. The number of carboxylic acid groups (broad SMARTS) is 1. The topological polar surface area (TPSA) is 206 Å². The molecule has 0 aromatic heterocycles. The van der Waals surface area contributed by atoms with Crippen LogP contribution in [0.1, 0.15) is 61.4 Å². The van der Waals surface area contributed by atoms with Gasteiger partial charge in [-0.05, 0) is 115 Å². The van der Waals surface area contributed by atoms with Gasteiger partial charge < -0.3 is 29.9 Å². The lowest BCUT2D eigenvalue weighted by molar-refractivity contribution is -0.136. The summed E-state index contributed by atoms with van der Waals surface area (Å²) in [5.41, 5.74) is -1.80. The molecule has 0 spiro atoms. The molecule has 3 fully saturated rings. The highest BCUT2D eigenvalue weighted by Crippen LogP contribution is 2.44. The standard InChI is InChI=1S/C55H69ClF3N7O10S4/c1-54(40-64-26-30-66(31-27-64)78(70,71)35-20-52(67)68)21-18-49(41-8-12-44(56)13-9-41)43(37-54)38-63-24-28-65(29-25-63)46-14-10-42(11-15-46)53(69)61-80(74,75)48-16-17-50(51(36-48)79(72,73)55(57,58)59)60-45(39-77-47-6-3-2-4-7-47)19-23-62-22-5-33-76-34-32-62/h2-4,6-17,36,45,60H,5,18-35,37-40H2,1H3,(H,61,69)(H,67,68)/t45-,54-/m1/s1. The Morgan fingerprint density at radius 1 is 0.812 bits per heavy atom. The maximum atomic E-state index is 14.3. The molecule has 1 aliphatic carbocycles. The van der Waals surface area contributed by atoms with Gasteiger partial charge in [0, 0.05) is 125 Å². The van der Waals surface area contributed by atoms with Crippen LogP contribution in [-0.4, -0.2) is 183 Å². The first-order chi connectivity index (χ1) is 38.0. The molecule has 25 heteroatoms. The quantitative estimate of drug-likeness (QED) is 0.0647. The number of carbonyl (C=O) groups is 2. The van der Waals surface area contributed by atoms with Gasteiger partial charge in [0.1, 0.15) is 4.90 Å². The number of carboxylic acids is 1. The number of nitrogens with zero attached hydrogens (tertiary/aromatic N) is 5. The lowest BCUT2D eigenvalue weighted by atomic mass is 9.71. The monoisotopic (exact) mass is 1210 g/mol. The van der Waals surface area contributed by atoms with Crippen LogP contribution in [0.15, 0.2) is 117 Å². The SMILES string of the molecule is C[C@@]1(CN2CCN(S(=O)(=O)CCC(=O)O)CC2)CCC(c2ccc(Cl)cc2)=C(CN2CCN(c3ccc(C(=O)NS(=O)(=O)c4ccc(N[C@H](CCN5CCCOCC5)CSc5ccccc5)c(S(=O)(=O)C(F)(F)F)c4)cc3)CC2)C1. The highest BCUT2D eigenvalue weighted by atomic mass is 35.5. The van der Waals surface area contributed by atoms with Gasteiger partial charge in [-0.1, -0.05) is 54.4 Å². The fraction of sp³-hybridized carbons (Fsp3) is 0.491. The van der Waals surface area contributed by atoms with E-state index >= 15 is 0 Å². The summed E-state index contributed by atoms with van der Waals surface area (Å²) < 4.78 is 131. The lowest BCUT2D eigenvalue weighted by Gasteiger charge is -2.44. The third-order valence-electron chi connectivity index (χ3n) is 15.2. The molecule has 3 N–H and O–H groups in total. The Labute approximate surface area is 476 Å². The minimum absolute atomic E-state index is 0.0446. The van der Waals surface area contributed by atoms with Crippen LogP contribution in [0.25, 0.3) is 5.57 Å². The largest absolute Gasteiger partial charge is 0.501 e. The lowest BCUT2D eigenvalue weighted by Crippen LogP contribution is -2.52. The number of aliphatic carboxylic acids is 1. The van der Waals surface area contributed by atoms with Crippen molar-refractivity contribution in [1.82, 2.24) is 23.7 Å². The Hall–Kier alpha value is -4.76. The number of benzene rings is 4. The van der Waals surface area contributed by atoms with Gasteiger partial charge in [0.2, 0.25) is 10.0 Å². The molecule has 8 rings (SSSR count). The van der Waals surface area contributed by atoms with Crippen LogP contribution >= 0.6 is 23.4 Å². The second-order valence-electron chi connectivity index (χ2n) is 21.1. The zero-order valence-corrected chi connectivity index (χ0v) is 48.6. The molecule has 3 aliphatic heterocycles. The molecule has 0 bridgehead atoms. The molecular formula is C55H69ClF3N7O10S4. The number of carbonyl (C=O) groups excluding carboxylic acids is 1. The summed E-state index contributed by atoms with van der Waals surface area (Å²) in [4.78, 5) is 32.4. The number of ether oxygens (including phenoxy) is 1. The molecule has 3 heterocycles. The normalized spacial score (nSPS) is 20.3. The molecule has 80 heavy (non-hydrogen) atoms. The van der Waals surface area contributed by atoms with Crippen molar-refractivity contribution in [1.29, 1.82) is 0 Å². The summed E-state index contributed by atoms with van der Waals surface area (Å²) in [6.07, 6.45) is 3.43. The van der Waals surface area contributed by atoms with Gasteiger partial charge in [-0.15, -0.1) is 11.8 Å². The van der Waals surface area contributed by atoms with Crippen LogP contribution in [-0.2, 0) is 39.4 Å². The van der Waals surface area contributed by atoms with Crippen molar-refractivity contribution in [3.8, 4) is 0 Å². The Balaban J connectivity index is 0.901. The maximum Gasteiger partial charge on any atom is 0.501 e. The number of alkyl halides is 3. The van der Waals surface area contributed by atoms with Crippen LogP contribution in [0.2, 0.25) is 5.02 Å². The number of amides is 1. The van der Waals surface area contributed by atoms with E-state index in [4.69, 9.17) is 21.4 Å². The molecule has 1 amide bonds. The van der Waals surface area contributed by atoms with Crippen LogP contribution < -0.4 is 14.9 Å². The van der Waals surface area contributed by atoms with E-state index in [0.29, 0.717) is 88.8 Å². The summed E-state index contributed by atoms with van der Waals surface area (Å²) in [6, 6.07) is 25.4. The zero-order chi connectivity index (χ0) is 57.3. The van der Waals surface area contributed by atoms with E-state index in [1.54, 1.807) is 12.1 Å². The Morgan fingerprint density at radius 2 is 1.50 bits per heavy atom. The summed E-state index contributed by atoms with van der Waals surface area (Å²) in [7, 11) is -14.7. The molecule has 4 aliphatic rings. The first-order valence-corrected chi connectivity index (χ1v) is 32.6. The number of halogens is 4. The number of nitrogens with one attached hydrogen (secondary N) is 2. The van der Waals surface area contributed by atoms with Crippen molar-refractivity contribution in [2.24, 2.45) is 5.41 Å². The number of allylic oxidation sites excluding steroid dienone is 1. The molecule has 4 aromatic rings. The predicted octanol–water partition coefficient (Wildman–Crippen LogP) is 7.63. The fourth-order valence-electron chi connectivity index (χ4n) is 10.8. The zero-order valence-electron chi connectivity index (χ0n) is 44.6. The third-order valence-corrected chi connectivity index (χ3v) is 21.3. The maximum absolute atomic E-state index is 14.3. The predicted molar refractivity (Wildman–Crippen MR) is 305 cm³/mol. The minimum Gasteiger partial charge on any atom is -0.481 e. The molecular weight excluding hydrogens is 1140 g/mol. The van der Waals surface area contributed by atoms with Gasteiger partial charge in [-0.25, -0.2) is 30.0 Å². The van der Waals surface area contributed by atoms with Gasteiger partial charge in [0.15, 0.2) is 0 Å². The van der Waals surface area contributed by atoms with E-state index in [2.05, 4.69) is 44.0 Å². The van der Waals surface area contributed by atoms with Crippen LogP contribution in [0.4, 0.5) is 24.5 Å². The summed E-state index contributed by atoms with van der Waals surface area (Å²) in [5.74, 6) is -2.27. The Morgan fingerprint density at radius 3 is 2.17 bits per heavy atom. The molecule has 436 valence electrons. The highest BCUT2D eigenvalue weighted by Gasteiger charge is 2.49. The van der Waals surface area contributed by atoms with Gasteiger partial charge in [0.25, 0.3) is 25.8 Å². The molecule has 0 radical (unpaired) electrons. The van der Waals surface area contributed by atoms with Crippen molar-refractivity contribution in [3.63, 3.8) is 0 Å². The van der Waals surface area contributed by atoms with E-state index in [1.165, 1.54) is 39.3 Å². The van der Waals surface area contributed by atoms with Crippen molar-refractivity contribution >= 4 is 82.1 Å². The highest BCUT2D eigenvalue weighted by molar-refractivity contribution is 7.99. The Bertz CT molecular complexity index is 3160. The molecule has 2 atom stereocenters. The second kappa shape index (κ2) is 26.7. The van der Waals surface area contributed by atoms with E-state index in [0.717, 1.165) is 86.7 Å². The van der Waals surface area contributed by atoms with Crippen molar-refractivity contribution in [2.45, 2.75) is 71.7 Å². The van der Waals surface area contributed by atoms with Crippen LogP contribution in [0.3, 0.4) is 0 Å². The van der Waals surface area contributed by atoms with Crippen LogP contribution in [0.5, 0.6) is 0 Å². The number of rotatable bonds is 22. The van der Waals surface area contributed by atoms with Crippen molar-refractivity contribution in [2.75, 3.05) is 120 Å². The van der Waals surface area contributed by atoms with E-state index in [9.17, 15) is 48.0 Å². The minimum atomic E-state index is -6.10. The number of sulfone groups is 1. The van der Waals surface area contributed by atoms with Gasteiger partial charge in [0.05, 0.1) is 29.4 Å². The number of anilines is 2. The average Bonchev–Trinajstić information content (AvgIpc) is 3.81. The van der Waals surface area contributed by atoms with Crippen molar-refractivity contribution < 1.29 is 57.9 Å². The number of piperazine rings is 2. The summed E-state index contributed by atoms with van der Waals surface area (Å²) in [6.45, 7) is 11.4. The van der Waals surface area contributed by atoms with E-state index in [1.807, 2.05) is 47.2 Å². The first kappa shape index (κ1) is 61.3. The van der Waals surface area contributed by atoms with Gasteiger partial charge in [-0.3, -0.25) is 14.5 Å². The first-order valence-electron chi connectivity index (χ1n) is 26.7. The van der Waals surface area contributed by atoms with Gasteiger partial charge >= 0.3 is 11.5 Å². The average molecular weight is 1210 g/mol. The second-order valence-corrected chi connectivity index (χ2v) is 28.3. The fourth-order valence-corrected chi connectivity index (χ4v) is 15.3. The number of thioether (sulfide) groups is 1. The number of hydrogen-bond acceptors (Lipinski definition) is 15. The summed E-state index contributed by atoms with van der Waals surface area (Å²) >= 11 is 7.73. The molecule has 17 nitrogen and oxygen atoms in total. The molecule has 0 saturated carbocycles. The molecule has 0 unspecified atom stereocenters. The van der Waals surface area contributed by atoms with E-state index < -0.39 is 81.0 Å².